The van der Waals surface area contributed by atoms with Gasteiger partial charge in [0.1, 0.15) is 5.82 Å². The van der Waals surface area contributed by atoms with E-state index in [0.29, 0.717) is 0 Å². The quantitative estimate of drug-likeness (QED) is 0.578. The Morgan fingerprint density at radius 3 is 2.90 bits per heavy atom. The summed E-state index contributed by atoms with van der Waals surface area (Å²) in [5.41, 5.74) is 5.21. The summed E-state index contributed by atoms with van der Waals surface area (Å²) in [6.07, 6.45) is 1.16. The average molecular weight is 137 g/mol. The minimum Gasteiger partial charge on any atom is -0.478 e. The van der Waals surface area contributed by atoms with Crippen LogP contribution in [-0.4, -0.2) is 16.1 Å². The third kappa shape index (κ3) is 1.22. The number of nitrogen functional groups attached to an aromatic ring is 1. The molecule has 0 spiro atoms. The fraction of sp³-hybridized carbons (Fsp3) is 0. The van der Waals surface area contributed by atoms with Crippen LogP contribution in [0.25, 0.3) is 0 Å². The van der Waals surface area contributed by atoms with Gasteiger partial charge < -0.3 is 10.8 Å². The lowest BCUT2D eigenvalue weighted by atomic mass is 10.3. The molecule has 1 rings (SSSR count). The summed E-state index contributed by atoms with van der Waals surface area (Å²) in [4.78, 5) is 13.8. The van der Waals surface area contributed by atoms with Crippen LogP contribution in [0.3, 0.4) is 0 Å². The van der Waals surface area contributed by atoms with Crippen LogP contribution in [0.5, 0.6) is 0 Å². The molecule has 0 aliphatic carbocycles. The first-order valence-corrected chi connectivity index (χ1v) is 2.56. The molecule has 0 aliphatic rings. The molecule has 3 N–H and O–H groups in total. The van der Waals surface area contributed by atoms with Crippen molar-refractivity contribution in [1.82, 2.24) is 4.98 Å². The van der Waals surface area contributed by atoms with Crippen LogP contribution in [0.2, 0.25) is 0 Å². The van der Waals surface area contributed by atoms with Crippen LogP contribution in [-0.2, 0) is 0 Å². The summed E-state index contributed by atoms with van der Waals surface area (Å²) in [6, 6.07) is 3.77. The predicted octanol–water partition coefficient (Wildman–Crippen LogP) is 0.162. The maximum atomic E-state index is 10.2. The van der Waals surface area contributed by atoms with Gasteiger partial charge in [0.2, 0.25) is 0 Å². The maximum absolute atomic E-state index is 10.2. The Kier molecular flexibility index (Phi) is 1.53. The van der Waals surface area contributed by atoms with Crippen molar-refractivity contribution in [1.29, 1.82) is 0 Å². The second-order valence-electron chi connectivity index (χ2n) is 1.69. The smallest absolute Gasteiger partial charge is 0.337 e. The molecule has 1 heterocycles. The summed E-state index contributed by atoms with van der Waals surface area (Å²) >= 11 is 0. The number of aromatic nitrogens is 1. The van der Waals surface area contributed by atoms with Gasteiger partial charge in [0, 0.05) is 12.3 Å². The molecule has 0 unspecified atom stereocenters. The average Bonchev–Trinajstić information content (AvgIpc) is 1.88. The molecule has 0 saturated carbocycles. The molecule has 0 aliphatic heterocycles. The van der Waals surface area contributed by atoms with E-state index >= 15 is 0 Å². The number of hydrogen-bond acceptors (Lipinski definition) is 3. The summed E-state index contributed by atoms with van der Waals surface area (Å²) in [5, 5.41) is 8.36. The van der Waals surface area contributed by atoms with Gasteiger partial charge in [0.05, 0.1) is 5.56 Å². The van der Waals surface area contributed by atoms with Crippen molar-refractivity contribution in [2.24, 2.45) is 0 Å². The highest BCUT2D eigenvalue weighted by atomic mass is 16.4. The zero-order chi connectivity index (χ0) is 7.56. The molecule has 10 heavy (non-hydrogen) atoms. The molecule has 0 bridgehead atoms. The first-order valence-electron chi connectivity index (χ1n) is 2.56. The van der Waals surface area contributed by atoms with Crippen molar-refractivity contribution < 1.29 is 9.90 Å². The van der Waals surface area contributed by atoms with Crippen LogP contribution in [0.1, 0.15) is 10.4 Å². The zero-order valence-electron chi connectivity index (χ0n) is 5.03. The normalized spacial score (nSPS) is 9.20. The summed E-state index contributed by atoms with van der Waals surface area (Å²) < 4.78 is 0. The van der Waals surface area contributed by atoms with Gasteiger partial charge in [-0.05, 0) is 6.07 Å². The van der Waals surface area contributed by atoms with E-state index in [1.807, 2.05) is 0 Å². The van der Waals surface area contributed by atoms with Crippen molar-refractivity contribution in [3.8, 4) is 0 Å². The monoisotopic (exact) mass is 137 g/mol. The van der Waals surface area contributed by atoms with Gasteiger partial charge in [-0.15, -0.1) is 0 Å². The van der Waals surface area contributed by atoms with E-state index in [2.05, 4.69) is 11.1 Å². The van der Waals surface area contributed by atoms with Gasteiger partial charge >= 0.3 is 5.97 Å². The molecule has 51 valence electrons. The molecular formula is C6H5N2O2. The molecule has 0 atom stereocenters. The first-order chi connectivity index (χ1) is 4.70. The zero-order valence-corrected chi connectivity index (χ0v) is 5.03. The van der Waals surface area contributed by atoms with E-state index in [9.17, 15) is 4.79 Å². The molecule has 0 fully saturated rings. The number of hydrogen-bond donors (Lipinski definition) is 2. The van der Waals surface area contributed by atoms with Crippen LogP contribution in [0, 0.1) is 6.07 Å². The molecule has 1 aromatic rings. The Labute approximate surface area is 57.3 Å². The number of nitrogens with two attached hydrogens (primary N) is 1. The van der Waals surface area contributed by atoms with E-state index in [1.54, 1.807) is 0 Å². The number of rotatable bonds is 1. The van der Waals surface area contributed by atoms with Crippen LogP contribution in [0.15, 0.2) is 12.3 Å². The first kappa shape index (κ1) is 6.54. The fourth-order valence-electron chi connectivity index (χ4n) is 0.482. The third-order valence-corrected chi connectivity index (χ3v) is 0.949. The highest BCUT2D eigenvalue weighted by Crippen LogP contribution is 1.98. The number of aromatic carboxylic acids is 1. The maximum Gasteiger partial charge on any atom is 0.337 e. The summed E-state index contributed by atoms with van der Waals surface area (Å²) in [5.74, 6) is -0.780. The van der Waals surface area contributed by atoms with E-state index < -0.39 is 5.97 Å². The Morgan fingerprint density at radius 1 is 1.80 bits per heavy atom. The number of carboxylic acid groups (broad SMARTS) is 1. The minimum atomic E-state index is -1.05. The van der Waals surface area contributed by atoms with Crippen molar-refractivity contribution in [2.45, 2.75) is 0 Å². The Balaban J connectivity index is 3.00. The summed E-state index contributed by atoms with van der Waals surface area (Å²) in [7, 11) is 0. The fourth-order valence-corrected chi connectivity index (χ4v) is 0.482. The van der Waals surface area contributed by atoms with Crippen LogP contribution in [0.4, 0.5) is 5.82 Å². The number of anilines is 1. The van der Waals surface area contributed by atoms with Crippen molar-refractivity contribution in [2.75, 3.05) is 5.73 Å². The van der Waals surface area contributed by atoms with E-state index in [4.69, 9.17) is 10.8 Å². The van der Waals surface area contributed by atoms with Crippen LogP contribution >= 0.6 is 0 Å². The largest absolute Gasteiger partial charge is 0.478 e. The van der Waals surface area contributed by atoms with Crippen molar-refractivity contribution in [3.05, 3.63) is 23.9 Å². The Bertz CT molecular complexity index is 242. The van der Waals surface area contributed by atoms with E-state index in [-0.39, 0.29) is 11.4 Å². The summed E-state index contributed by atoms with van der Waals surface area (Å²) in [6.45, 7) is 0. The standard InChI is InChI=1S/C6H5N2O2/c7-5-2-1-4(3-8-5)6(9)10/h2-3H,(H2,7,8)(H,9,10). The van der Waals surface area contributed by atoms with E-state index in [1.165, 1.54) is 6.07 Å². The van der Waals surface area contributed by atoms with E-state index in [0.717, 1.165) is 6.20 Å². The van der Waals surface area contributed by atoms with Gasteiger partial charge in [-0.1, -0.05) is 0 Å². The highest BCUT2D eigenvalue weighted by Gasteiger charge is 2.00. The van der Waals surface area contributed by atoms with Gasteiger partial charge in [0.25, 0.3) is 0 Å². The van der Waals surface area contributed by atoms with Gasteiger partial charge in [0.15, 0.2) is 0 Å². The molecule has 0 aromatic carbocycles. The molecule has 4 heteroatoms. The third-order valence-electron chi connectivity index (χ3n) is 0.949. The number of nitrogens with zero attached hydrogens (tertiary/aromatic N) is 1. The molecule has 0 amide bonds. The molecular weight excluding hydrogens is 132 g/mol. The lowest BCUT2D eigenvalue weighted by molar-refractivity contribution is 0.0696. The van der Waals surface area contributed by atoms with Crippen molar-refractivity contribution in [3.63, 3.8) is 0 Å². The number of carbonyl (C=O) groups is 1. The minimum absolute atomic E-state index is 0.0224. The molecule has 0 saturated heterocycles. The topological polar surface area (TPSA) is 76.2 Å². The Hall–Kier alpha value is -1.58. The highest BCUT2D eigenvalue weighted by molar-refractivity contribution is 5.86. The number of carboxylic acids is 1. The SMILES string of the molecule is Nc1c[c]c(C(=O)O)cn1. The van der Waals surface area contributed by atoms with Gasteiger partial charge in [-0.2, -0.15) is 0 Å². The molecule has 4 nitrogen and oxygen atoms in total. The lowest BCUT2D eigenvalue weighted by Crippen LogP contribution is -1.98. The Morgan fingerprint density at radius 2 is 2.50 bits per heavy atom. The van der Waals surface area contributed by atoms with Gasteiger partial charge in [-0.25, -0.2) is 9.78 Å². The van der Waals surface area contributed by atoms with Gasteiger partial charge in [-0.3, -0.25) is 0 Å². The van der Waals surface area contributed by atoms with Crippen LogP contribution < -0.4 is 5.73 Å². The lowest BCUT2D eigenvalue weighted by Gasteiger charge is -1.91. The predicted molar refractivity (Wildman–Crippen MR) is 34.4 cm³/mol. The second kappa shape index (κ2) is 2.34. The molecule has 1 aromatic heterocycles. The second-order valence-corrected chi connectivity index (χ2v) is 1.69. The van der Waals surface area contributed by atoms with Crippen molar-refractivity contribution >= 4 is 11.8 Å². The molecule has 1 radical (unpaired) electrons. The number of pyridine rings is 1.